The van der Waals surface area contributed by atoms with Crippen LogP contribution in [0.3, 0.4) is 0 Å². The van der Waals surface area contributed by atoms with E-state index in [1.165, 1.54) is 30.3 Å². The zero-order valence-electron chi connectivity index (χ0n) is 44.8. The number of halogens is 4. The first-order chi connectivity index (χ1) is 38.7. The molecule has 0 bridgehead atoms. The van der Waals surface area contributed by atoms with Crippen molar-refractivity contribution in [1.82, 2.24) is 15.5 Å². The smallest absolute Gasteiger partial charge is 0.497 e. The van der Waals surface area contributed by atoms with Crippen molar-refractivity contribution in [3.05, 3.63) is 207 Å². The molecule has 0 radical (unpaired) electrons. The Labute approximate surface area is 469 Å². The summed E-state index contributed by atoms with van der Waals surface area (Å²) in [5, 5.41) is 6.37. The highest BCUT2D eigenvalue weighted by atomic mass is 35.5. The molecule has 1 fully saturated rings. The highest BCUT2D eigenvalue weighted by Gasteiger charge is 2.32. The number of carbonyl (C=O) groups excluding carboxylic acids is 3. The van der Waals surface area contributed by atoms with E-state index >= 15 is 0 Å². The van der Waals surface area contributed by atoms with Crippen molar-refractivity contribution in [3.8, 4) is 45.6 Å². The first-order valence-corrected chi connectivity index (χ1v) is 26.7. The van der Waals surface area contributed by atoms with E-state index in [9.17, 15) is 27.6 Å². The van der Waals surface area contributed by atoms with Crippen LogP contribution in [-0.4, -0.2) is 62.2 Å². The fourth-order valence-electron chi connectivity index (χ4n) is 9.23. The van der Waals surface area contributed by atoms with Gasteiger partial charge in [0, 0.05) is 43.2 Å². The van der Waals surface area contributed by atoms with Crippen LogP contribution in [0.5, 0.6) is 34.5 Å². The Morgan fingerprint density at radius 3 is 2.08 bits per heavy atom. The molecule has 7 aromatic rings. The largest absolute Gasteiger partial charge is 0.573 e. The maximum atomic E-state index is 13.8. The number of ether oxygens (including phenoxy) is 6. The number of carbonyl (C=O) groups is 3. The van der Waals surface area contributed by atoms with Gasteiger partial charge < -0.3 is 39.1 Å². The summed E-state index contributed by atoms with van der Waals surface area (Å²) in [5.41, 5.74) is 8.68. The van der Waals surface area contributed by atoms with Crippen LogP contribution in [0.25, 0.3) is 17.2 Å². The molecule has 16 heteroatoms. The van der Waals surface area contributed by atoms with Crippen LogP contribution in [0.4, 0.5) is 13.2 Å². The lowest BCUT2D eigenvalue weighted by Gasteiger charge is -2.35. The Hall–Kier alpha value is -8.27. The fraction of sp³-hybridized carbons (Fsp3) is 0.266. The maximum Gasteiger partial charge on any atom is 0.573 e. The van der Waals surface area contributed by atoms with Crippen LogP contribution in [0, 0.1) is 6.92 Å². The molecule has 12 nitrogen and oxygen atoms in total. The predicted molar refractivity (Wildman–Crippen MR) is 302 cm³/mol. The summed E-state index contributed by atoms with van der Waals surface area (Å²) >= 11 is 6.95. The maximum absolute atomic E-state index is 13.8. The van der Waals surface area contributed by atoms with Crippen molar-refractivity contribution in [2.45, 2.75) is 84.3 Å². The van der Waals surface area contributed by atoms with Crippen LogP contribution >= 0.6 is 11.6 Å². The minimum Gasteiger partial charge on any atom is -0.497 e. The molecule has 80 heavy (non-hydrogen) atoms. The monoisotopic (exact) mass is 1110 g/mol. The Morgan fingerprint density at radius 1 is 0.675 bits per heavy atom. The second-order valence-corrected chi connectivity index (χ2v) is 19.6. The van der Waals surface area contributed by atoms with Gasteiger partial charge in [0.05, 0.1) is 25.3 Å². The van der Waals surface area contributed by atoms with Crippen molar-refractivity contribution in [3.63, 3.8) is 0 Å². The van der Waals surface area contributed by atoms with Gasteiger partial charge in [-0.25, -0.2) is 0 Å². The summed E-state index contributed by atoms with van der Waals surface area (Å²) in [6.45, 7) is 4.18. The van der Waals surface area contributed by atoms with E-state index in [0.717, 1.165) is 51.8 Å². The minimum atomic E-state index is -4.82. The van der Waals surface area contributed by atoms with Crippen LogP contribution in [0.1, 0.15) is 81.4 Å². The molecule has 1 saturated heterocycles. The lowest BCUT2D eigenvalue weighted by Crippen LogP contribution is -2.49. The van der Waals surface area contributed by atoms with Gasteiger partial charge in [0.25, 0.3) is 0 Å². The van der Waals surface area contributed by atoms with Gasteiger partial charge in [-0.15, -0.1) is 13.2 Å². The quantitative estimate of drug-likeness (QED) is 0.0324. The summed E-state index contributed by atoms with van der Waals surface area (Å²) in [7, 11) is 3.13. The first-order valence-electron chi connectivity index (χ1n) is 26.3. The number of methoxy groups -OCH3 is 2. The molecule has 1 unspecified atom stereocenters. The number of likely N-dealkylation sites (tertiary alicyclic amines) is 1. The van der Waals surface area contributed by atoms with E-state index < -0.39 is 12.4 Å². The van der Waals surface area contributed by atoms with Crippen LogP contribution in [0.15, 0.2) is 158 Å². The number of hydrogen-bond donors (Lipinski definition) is 2. The molecule has 8 rings (SSSR count). The molecule has 1 atom stereocenters. The highest BCUT2D eigenvalue weighted by molar-refractivity contribution is 6.32. The second kappa shape index (κ2) is 28.0. The molecule has 1 aliphatic heterocycles. The van der Waals surface area contributed by atoms with Crippen LogP contribution < -0.4 is 39.1 Å². The number of hydrogen-bond acceptors (Lipinski definition) is 10. The SMILES string of the molecule is COc1ccc(C(=O)/C=C/c2ccc(OCc3ccc(CNC(=O)CCCNC(=O)C4CCCCN4Cc4cc(Cl)c(OCc5cccc(-c6ccccc6)c5C)cc4OCc4ccc(OC(F)(F)F)cc4)cc3)c(OC)c2)cc1. The molecule has 2 N–H and O–H groups in total. The van der Waals surface area contributed by atoms with Gasteiger partial charge in [-0.1, -0.05) is 115 Å². The number of allylic oxidation sites excluding steroid dienone is 1. The van der Waals surface area contributed by atoms with Crippen molar-refractivity contribution in [2.75, 3.05) is 27.3 Å². The molecule has 0 spiro atoms. The Morgan fingerprint density at radius 2 is 1.36 bits per heavy atom. The van der Waals surface area contributed by atoms with E-state index in [-0.39, 0.29) is 49.6 Å². The highest BCUT2D eigenvalue weighted by Crippen LogP contribution is 2.37. The number of nitrogens with zero attached hydrogens (tertiary/aromatic N) is 1. The van der Waals surface area contributed by atoms with Crippen LogP contribution in [-0.2, 0) is 42.5 Å². The average Bonchev–Trinajstić information content (AvgIpc) is 3.47. The minimum absolute atomic E-state index is 0.0186. The number of ketones is 1. The molecule has 416 valence electrons. The summed E-state index contributed by atoms with van der Waals surface area (Å²) in [4.78, 5) is 41.5. The van der Waals surface area contributed by atoms with E-state index in [1.807, 2.05) is 60.7 Å². The summed E-state index contributed by atoms with van der Waals surface area (Å²) in [5.74, 6) is 1.82. The molecular formula is C64H63ClF3N3O9. The Kier molecular flexibility index (Phi) is 20.3. The second-order valence-electron chi connectivity index (χ2n) is 19.2. The lowest BCUT2D eigenvalue weighted by atomic mass is 9.97. The number of nitrogens with one attached hydrogen (secondary N) is 2. The third kappa shape index (κ3) is 16.6. The summed E-state index contributed by atoms with van der Waals surface area (Å²) in [6, 6.07) is 44.8. The molecule has 1 heterocycles. The van der Waals surface area contributed by atoms with Crippen molar-refractivity contribution < 1.29 is 56.0 Å². The van der Waals surface area contributed by atoms with Crippen molar-refractivity contribution >= 4 is 35.3 Å². The van der Waals surface area contributed by atoms with Gasteiger partial charge in [-0.05, 0) is 138 Å². The Bertz CT molecular complexity index is 3230. The predicted octanol–water partition coefficient (Wildman–Crippen LogP) is 13.4. The molecule has 0 aliphatic carbocycles. The van der Waals surface area contributed by atoms with E-state index in [1.54, 1.807) is 68.8 Å². The molecule has 2 amide bonds. The number of rotatable bonds is 25. The zero-order chi connectivity index (χ0) is 56.4. The lowest BCUT2D eigenvalue weighted by molar-refractivity contribution is -0.274. The van der Waals surface area contributed by atoms with Gasteiger partial charge in [0.1, 0.15) is 42.8 Å². The Balaban J connectivity index is 0.816. The molecular weight excluding hydrogens is 1050 g/mol. The van der Waals surface area contributed by atoms with Crippen LogP contribution in [0.2, 0.25) is 5.02 Å². The first kappa shape index (κ1) is 57.9. The number of amides is 2. The molecule has 7 aromatic carbocycles. The van der Waals surface area contributed by atoms with E-state index in [2.05, 4.69) is 45.4 Å². The van der Waals surface area contributed by atoms with Gasteiger partial charge in [0.15, 0.2) is 17.3 Å². The summed E-state index contributed by atoms with van der Waals surface area (Å²) < 4.78 is 72.2. The normalized spacial score (nSPS) is 13.6. The third-order valence-electron chi connectivity index (χ3n) is 13.6. The number of piperidine rings is 1. The zero-order valence-corrected chi connectivity index (χ0v) is 45.5. The third-order valence-corrected chi connectivity index (χ3v) is 13.9. The fourth-order valence-corrected chi connectivity index (χ4v) is 9.47. The van der Waals surface area contributed by atoms with Crippen molar-refractivity contribution in [2.24, 2.45) is 0 Å². The van der Waals surface area contributed by atoms with Gasteiger partial charge in [-0.3, -0.25) is 19.3 Å². The molecule has 1 aliphatic rings. The standard InChI is InChI=1S/C64H63ClF3N3O9/c1-43-50(13-9-14-54(43)48-11-5-4-6-12-48)42-79-60-37-59(78-41-47-21-27-53(28-22-47)80-64(66,67)68)51(36-55(60)65)39-71-34-8-7-15-56(71)63(74)69-33-10-16-62(73)70-38-45-17-19-46(20-18-45)40-77-58-32-24-44(35-61(58)76-3)23-31-57(72)49-25-29-52(75-2)30-26-49/h4-6,9,11-14,17-32,35-37,56H,7-8,10,15-16,33-34,38-42H2,1-3H3,(H,69,74)(H,70,73)/b31-23+. The topological polar surface area (TPSA) is 134 Å². The van der Waals surface area contributed by atoms with E-state index in [0.29, 0.717) is 89.5 Å². The molecule has 0 saturated carbocycles. The number of benzene rings is 7. The molecule has 0 aromatic heterocycles. The van der Waals surface area contributed by atoms with Gasteiger partial charge >= 0.3 is 6.36 Å². The summed E-state index contributed by atoms with van der Waals surface area (Å²) in [6.07, 6.45) is 1.45. The van der Waals surface area contributed by atoms with Crippen molar-refractivity contribution in [1.29, 1.82) is 0 Å². The number of alkyl halides is 3. The van der Waals surface area contributed by atoms with Gasteiger partial charge in [0.2, 0.25) is 11.8 Å². The average molecular weight is 1110 g/mol. The van der Waals surface area contributed by atoms with E-state index in [4.69, 9.17) is 35.3 Å². The van der Waals surface area contributed by atoms with Gasteiger partial charge in [-0.2, -0.15) is 0 Å².